The van der Waals surface area contributed by atoms with Crippen LogP contribution in [0.1, 0.15) is 27.2 Å². The van der Waals surface area contributed by atoms with Gasteiger partial charge in [0.05, 0.1) is 0 Å². The van der Waals surface area contributed by atoms with Crippen molar-refractivity contribution < 1.29 is 0 Å². The van der Waals surface area contributed by atoms with Gasteiger partial charge in [0.25, 0.3) is 0 Å². The summed E-state index contributed by atoms with van der Waals surface area (Å²) in [5.74, 6) is 0.611. The highest BCUT2D eigenvalue weighted by atomic mass is 35.5. The lowest BCUT2D eigenvalue weighted by Crippen LogP contribution is -1.74. The van der Waals surface area contributed by atoms with Crippen molar-refractivity contribution in [2.24, 2.45) is 0 Å². The van der Waals surface area contributed by atoms with Crippen LogP contribution in [0, 0.1) is 0 Å². The summed E-state index contributed by atoms with van der Waals surface area (Å²) in [7, 11) is 0. The van der Waals surface area contributed by atoms with Gasteiger partial charge in [-0.1, -0.05) is 43.7 Å². The lowest BCUT2D eigenvalue weighted by Gasteiger charge is -1.87. The van der Waals surface area contributed by atoms with E-state index in [1.54, 1.807) is 0 Å². The lowest BCUT2D eigenvalue weighted by atomic mass is 10.2. The Morgan fingerprint density at radius 2 is 2.00 bits per heavy atom. The maximum Gasteiger partial charge on any atom is 0.0473 e. The maximum absolute atomic E-state index is 5.65. The first-order valence-electron chi connectivity index (χ1n) is 4.42. The van der Waals surface area contributed by atoms with Gasteiger partial charge in [0, 0.05) is 5.88 Å². The minimum absolute atomic E-state index is 0.611. The molecule has 1 rings (SSSR count). The minimum Gasteiger partial charge on any atom is -0.122 e. The largest absolute Gasteiger partial charge is 0.122 e. The van der Waals surface area contributed by atoms with Crippen LogP contribution in [0.15, 0.2) is 35.5 Å². The van der Waals surface area contributed by atoms with Crippen molar-refractivity contribution in [3.63, 3.8) is 0 Å². The Morgan fingerprint density at radius 1 is 1.33 bits per heavy atom. The molecule has 0 unspecified atom stereocenters. The molecule has 0 heterocycles. The fraction of sp³-hybridized carbons (Fsp3) is 0.455. The van der Waals surface area contributed by atoms with E-state index in [1.807, 2.05) is 13.8 Å². The van der Waals surface area contributed by atoms with Crippen LogP contribution in [0.25, 0.3) is 0 Å². The molecule has 0 aromatic carbocycles. The molecule has 0 aromatic rings. The summed E-state index contributed by atoms with van der Waals surface area (Å²) in [6.45, 7) is 6.12. The Balaban J connectivity index is 0.000000561. The van der Waals surface area contributed by atoms with E-state index in [9.17, 15) is 0 Å². The Kier molecular flexibility index (Phi) is 6.88. The molecule has 0 amide bonds. The molecule has 0 nitrogen and oxygen atoms in total. The topological polar surface area (TPSA) is 0 Å². The zero-order chi connectivity index (χ0) is 9.40. The van der Waals surface area contributed by atoms with Gasteiger partial charge in [0.2, 0.25) is 0 Å². The predicted octanol–water partition coefficient (Wildman–Crippen LogP) is 4.08. The highest BCUT2D eigenvalue weighted by Crippen LogP contribution is 2.10. The highest BCUT2D eigenvalue weighted by molar-refractivity contribution is 6.19. The second kappa shape index (κ2) is 7.17. The van der Waals surface area contributed by atoms with E-state index in [1.165, 1.54) is 11.1 Å². The normalized spacial score (nSPS) is 15.3. The zero-order valence-electron chi connectivity index (χ0n) is 8.10. The van der Waals surface area contributed by atoms with Gasteiger partial charge in [-0.05, 0) is 18.9 Å². The Morgan fingerprint density at radius 3 is 2.58 bits per heavy atom. The Labute approximate surface area is 80.6 Å². The van der Waals surface area contributed by atoms with E-state index in [4.69, 9.17) is 11.6 Å². The molecule has 0 N–H and O–H groups in total. The molecule has 68 valence electrons. The van der Waals surface area contributed by atoms with Crippen LogP contribution in [-0.4, -0.2) is 5.88 Å². The predicted molar refractivity (Wildman–Crippen MR) is 57.7 cm³/mol. The minimum atomic E-state index is 0.611. The third-order valence-electron chi connectivity index (χ3n) is 1.51. The Hall–Kier alpha value is -0.490. The fourth-order valence-electron chi connectivity index (χ4n) is 0.858. The van der Waals surface area contributed by atoms with Gasteiger partial charge in [-0.25, -0.2) is 0 Å². The van der Waals surface area contributed by atoms with Crippen LogP contribution >= 0.6 is 11.6 Å². The van der Waals surface area contributed by atoms with E-state index >= 15 is 0 Å². The van der Waals surface area contributed by atoms with Gasteiger partial charge in [0.1, 0.15) is 0 Å². The summed E-state index contributed by atoms with van der Waals surface area (Å²) in [6, 6.07) is 0. The summed E-state index contributed by atoms with van der Waals surface area (Å²) in [5, 5.41) is 0. The summed E-state index contributed by atoms with van der Waals surface area (Å²) < 4.78 is 0. The third-order valence-corrected chi connectivity index (χ3v) is 1.82. The number of allylic oxidation sites excluding steroid dienone is 6. The van der Waals surface area contributed by atoms with Crippen molar-refractivity contribution in [3.05, 3.63) is 35.5 Å². The molecule has 1 aliphatic carbocycles. The first kappa shape index (κ1) is 11.5. The average Bonchev–Trinajstić information content (AvgIpc) is 2.33. The SMILES string of the molecule is CC.CC1=CC=C(CCl)C=CC1. The van der Waals surface area contributed by atoms with Crippen LogP contribution < -0.4 is 0 Å². The van der Waals surface area contributed by atoms with Crippen molar-refractivity contribution in [2.45, 2.75) is 27.2 Å². The smallest absolute Gasteiger partial charge is 0.0473 e. The molecule has 1 aliphatic rings. The van der Waals surface area contributed by atoms with E-state index in [0.29, 0.717) is 5.88 Å². The molecule has 0 saturated carbocycles. The number of hydrogen-bond acceptors (Lipinski definition) is 0. The highest BCUT2D eigenvalue weighted by Gasteiger charge is 1.92. The molecule has 0 aliphatic heterocycles. The second-order valence-electron chi connectivity index (χ2n) is 2.49. The van der Waals surface area contributed by atoms with E-state index in [0.717, 1.165) is 6.42 Å². The van der Waals surface area contributed by atoms with Gasteiger partial charge in [-0.15, -0.1) is 11.6 Å². The van der Waals surface area contributed by atoms with Gasteiger partial charge < -0.3 is 0 Å². The van der Waals surface area contributed by atoms with Crippen LogP contribution in [0.3, 0.4) is 0 Å². The molecule has 0 atom stereocenters. The molecule has 0 saturated heterocycles. The number of alkyl halides is 1. The monoisotopic (exact) mass is 184 g/mol. The first-order chi connectivity index (χ1) is 5.83. The third kappa shape index (κ3) is 4.40. The van der Waals surface area contributed by atoms with E-state index in [2.05, 4.69) is 31.2 Å². The molecule has 12 heavy (non-hydrogen) atoms. The molecule has 0 bridgehead atoms. The van der Waals surface area contributed by atoms with Gasteiger partial charge in [0.15, 0.2) is 0 Å². The number of hydrogen-bond donors (Lipinski definition) is 0. The van der Waals surface area contributed by atoms with Crippen molar-refractivity contribution in [1.29, 1.82) is 0 Å². The molecular weight excluding hydrogens is 168 g/mol. The summed E-state index contributed by atoms with van der Waals surface area (Å²) in [6.07, 6.45) is 9.48. The fourth-order valence-corrected chi connectivity index (χ4v) is 1.04. The summed E-state index contributed by atoms with van der Waals surface area (Å²) >= 11 is 5.65. The zero-order valence-corrected chi connectivity index (χ0v) is 8.86. The molecular formula is C11H17Cl. The molecule has 0 fully saturated rings. The number of rotatable bonds is 1. The molecule has 0 radical (unpaired) electrons. The van der Waals surface area contributed by atoms with E-state index < -0.39 is 0 Å². The standard InChI is InChI=1S/C9H11Cl.C2H6/c1-8-3-2-4-9(7-10)6-5-8;1-2/h2,4-6H,3,7H2,1H3;1-2H3. The molecule has 1 heteroatoms. The van der Waals surface area contributed by atoms with Crippen LogP contribution in [-0.2, 0) is 0 Å². The van der Waals surface area contributed by atoms with Gasteiger partial charge in [-0.2, -0.15) is 0 Å². The quantitative estimate of drug-likeness (QED) is 0.539. The van der Waals surface area contributed by atoms with Crippen LogP contribution in [0.2, 0.25) is 0 Å². The maximum atomic E-state index is 5.65. The van der Waals surface area contributed by atoms with Crippen molar-refractivity contribution in [2.75, 3.05) is 5.88 Å². The molecule has 0 spiro atoms. The van der Waals surface area contributed by atoms with Crippen LogP contribution in [0.4, 0.5) is 0 Å². The average molecular weight is 185 g/mol. The van der Waals surface area contributed by atoms with Gasteiger partial charge >= 0.3 is 0 Å². The van der Waals surface area contributed by atoms with E-state index in [-0.39, 0.29) is 0 Å². The van der Waals surface area contributed by atoms with Crippen molar-refractivity contribution in [1.82, 2.24) is 0 Å². The Bertz CT molecular complexity index is 197. The lowest BCUT2D eigenvalue weighted by molar-refractivity contribution is 1.22. The summed E-state index contributed by atoms with van der Waals surface area (Å²) in [4.78, 5) is 0. The van der Waals surface area contributed by atoms with Gasteiger partial charge in [-0.3, -0.25) is 0 Å². The van der Waals surface area contributed by atoms with Crippen molar-refractivity contribution in [3.8, 4) is 0 Å². The van der Waals surface area contributed by atoms with Crippen molar-refractivity contribution >= 4 is 11.6 Å². The summed E-state index contributed by atoms with van der Waals surface area (Å²) in [5.41, 5.74) is 2.58. The van der Waals surface area contributed by atoms with Crippen LogP contribution in [0.5, 0.6) is 0 Å². The number of halogens is 1. The second-order valence-corrected chi connectivity index (χ2v) is 2.76. The molecule has 0 aromatic heterocycles. The first-order valence-corrected chi connectivity index (χ1v) is 4.95.